The Bertz CT molecular complexity index is 510. The van der Waals surface area contributed by atoms with Gasteiger partial charge < -0.3 is 15.2 Å². The fraction of sp³-hybridized carbons (Fsp3) is 0.600. The van der Waals surface area contributed by atoms with E-state index < -0.39 is 0 Å². The molecule has 1 fully saturated rings. The van der Waals surface area contributed by atoms with Gasteiger partial charge in [-0.3, -0.25) is 9.59 Å². The van der Waals surface area contributed by atoms with Crippen molar-refractivity contribution in [3.63, 3.8) is 0 Å². The quantitative estimate of drug-likeness (QED) is 0.870. The van der Waals surface area contributed by atoms with Crippen molar-refractivity contribution < 1.29 is 4.79 Å². The molecule has 1 amide bonds. The van der Waals surface area contributed by atoms with Gasteiger partial charge in [0.1, 0.15) is 5.56 Å². The minimum absolute atomic E-state index is 0.152. The van der Waals surface area contributed by atoms with Crippen molar-refractivity contribution in [3.8, 4) is 0 Å². The predicted octanol–water partition coefficient (Wildman–Crippen LogP) is 1.23. The number of rotatable bonds is 4. The number of H-pyrrole nitrogens is 1. The van der Waals surface area contributed by atoms with Gasteiger partial charge in [0.15, 0.2) is 0 Å². The highest BCUT2D eigenvalue weighted by atomic mass is 16.2. The Labute approximate surface area is 119 Å². The zero-order valence-corrected chi connectivity index (χ0v) is 12.2. The number of pyridine rings is 1. The number of hydrogen-bond acceptors (Lipinski definition) is 3. The SMILES string of the molecule is CC(C)NCC1CCCN(C(=O)c2ccc[nH]c2=O)C1. The van der Waals surface area contributed by atoms with Gasteiger partial charge >= 0.3 is 0 Å². The number of amides is 1. The third kappa shape index (κ3) is 3.70. The molecule has 1 aliphatic rings. The molecular formula is C15H23N3O2. The van der Waals surface area contributed by atoms with Crippen LogP contribution in [0.2, 0.25) is 0 Å². The summed E-state index contributed by atoms with van der Waals surface area (Å²) in [4.78, 5) is 28.4. The third-order valence-corrected chi connectivity index (χ3v) is 3.67. The molecule has 1 aromatic rings. The van der Waals surface area contributed by atoms with Gasteiger partial charge in [-0.15, -0.1) is 0 Å². The molecule has 0 aromatic carbocycles. The minimum atomic E-state index is -0.306. The van der Waals surface area contributed by atoms with Crippen LogP contribution >= 0.6 is 0 Å². The number of nitrogens with zero attached hydrogens (tertiary/aromatic N) is 1. The van der Waals surface area contributed by atoms with E-state index in [0.29, 0.717) is 12.0 Å². The fourth-order valence-corrected chi connectivity index (χ4v) is 2.58. The Balaban J connectivity index is 2.00. The highest BCUT2D eigenvalue weighted by Crippen LogP contribution is 2.17. The van der Waals surface area contributed by atoms with Crippen LogP contribution in [0.3, 0.4) is 0 Å². The van der Waals surface area contributed by atoms with E-state index in [-0.39, 0.29) is 17.0 Å². The van der Waals surface area contributed by atoms with Crippen LogP contribution < -0.4 is 10.9 Å². The van der Waals surface area contributed by atoms with Crippen LogP contribution in [0.4, 0.5) is 0 Å². The second-order valence-corrected chi connectivity index (χ2v) is 5.74. The standard InChI is InChI=1S/C15H23N3O2/c1-11(2)17-9-12-5-4-8-18(10-12)15(20)13-6-3-7-16-14(13)19/h3,6-7,11-12,17H,4-5,8-10H2,1-2H3,(H,16,19). The molecule has 2 N–H and O–H groups in total. The lowest BCUT2D eigenvalue weighted by molar-refractivity contribution is 0.0670. The molecule has 20 heavy (non-hydrogen) atoms. The van der Waals surface area contributed by atoms with E-state index in [9.17, 15) is 9.59 Å². The summed E-state index contributed by atoms with van der Waals surface area (Å²) < 4.78 is 0. The number of aromatic nitrogens is 1. The van der Waals surface area contributed by atoms with Crippen LogP contribution in [-0.2, 0) is 0 Å². The van der Waals surface area contributed by atoms with Gasteiger partial charge in [-0.2, -0.15) is 0 Å². The number of aromatic amines is 1. The molecule has 1 saturated heterocycles. The number of hydrogen-bond donors (Lipinski definition) is 2. The second kappa shape index (κ2) is 6.70. The number of nitrogens with one attached hydrogen (secondary N) is 2. The maximum Gasteiger partial charge on any atom is 0.260 e. The van der Waals surface area contributed by atoms with Crippen molar-refractivity contribution in [2.45, 2.75) is 32.7 Å². The van der Waals surface area contributed by atoms with Gasteiger partial charge in [0.25, 0.3) is 11.5 Å². The zero-order chi connectivity index (χ0) is 14.5. The van der Waals surface area contributed by atoms with Crippen molar-refractivity contribution in [1.29, 1.82) is 0 Å². The number of carbonyl (C=O) groups is 1. The lowest BCUT2D eigenvalue weighted by Gasteiger charge is -2.33. The zero-order valence-electron chi connectivity index (χ0n) is 12.2. The molecule has 1 aromatic heterocycles. The first-order chi connectivity index (χ1) is 9.58. The predicted molar refractivity (Wildman–Crippen MR) is 78.8 cm³/mol. The average Bonchev–Trinajstić information content (AvgIpc) is 2.45. The molecule has 110 valence electrons. The molecule has 1 aliphatic heterocycles. The largest absolute Gasteiger partial charge is 0.338 e. The monoisotopic (exact) mass is 277 g/mol. The maximum absolute atomic E-state index is 12.4. The van der Waals surface area contributed by atoms with E-state index in [2.05, 4.69) is 24.1 Å². The lowest BCUT2D eigenvalue weighted by atomic mass is 9.97. The Morgan fingerprint density at radius 3 is 3.05 bits per heavy atom. The normalized spacial score (nSPS) is 19.4. The van der Waals surface area contributed by atoms with Crippen molar-refractivity contribution in [2.75, 3.05) is 19.6 Å². The molecule has 0 spiro atoms. The summed E-state index contributed by atoms with van der Waals surface area (Å²) in [6, 6.07) is 3.74. The van der Waals surface area contributed by atoms with Gasteiger partial charge in [0, 0.05) is 25.3 Å². The first-order valence-corrected chi connectivity index (χ1v) is 7.28. The molecule has 2 heterocycles. The van der Waals surface area contributed by atoms with Crippen molar-refractivity contribution in [2.24, 2.45) is 5.92 Å². The molecule has 0 saturated carbocycles. The van der Waals surface area contributed by atoms with Crippen LogP contribution in [0.15, 0.2) is 23.1 Å². The molecule has 1 atom stereocenters. The van der Waals surface area contributed by atoms with Crippen LogP contribution in [0, 0.1) is 5.92 Å². The fourth-order valence-electron chi connectivity index (χ4n) is 2.58. The van der Waals surface area contributed by atoms with E-state index >= 15 is 0 Å². The van der Waals surface area contributed by atoms with Gasteiger partial charge in [0.05, 0.1) is 0 Å². The summed E-state index contributed by atoms with van der Waals surface area (Å²) in [6.45, 7) is 6.63. The molecule has 1 unspecified atom stereocenters. The second-order valence-electron chi connectivity index (χ2n) is 5.74. The summed E-state index contributed by atoms with van der Waals surface area (Å²) in [5.74, 6) is 0.319. The summed E-state index contributed by atoms with van der Waals surface area (Å²) in [6.07, 6.45) is 3.68. The van der Waals surface area contributed by atoms with E-state index in [1.54, 1.807) is 23.2 Å². The average molecular weight is 277 g/mol. The Morgan fingerprint density at radius 1 is 1.55 bits per heavy atom. The van der Waals surface area contributed by atoms with Crippen LogP contribution in [-0.4, -0.2) is 41.5 Å². The number of likely N-dealkylation sites (tertiary alicyclic amines) is 1. The van der Waals surface area contributed by atoms with Gasteiger partial charge in [-0.25, -0.2) is 0 Å². The molecule has 0 aliphatic carbocycles. The van der Waals surface area contributed by atoms with E-state index in [4.69, 9.17) is 0 Å². The van der Waals surface area contributed by atoms with Gasteiger partial charge in [-0.1, -0.05) is 13.8 Å². The Morgan fingerprint density at radius 2 is 2.35 bits per heavy atom. The molecular weight excluding hydrogens is 254 g/mol. The van der Waals surface area contributed by atoms with Crippen molar-refractivity contribution in [3.05, 3.63) is 34.2 Å². The van der Waals surface area contributed by atoms with Crippen molar-refractivity contribution >= 4 is 5.91 Å². The lowest BCUT2D eigenvalue weighted by Crippen LogP contribution is -2.44. The van der Waals surface area contributed by atoms with E-state index in [1.807, 2.05) is 0 Å². The van der Waals surface area contributed by atoms with E-state index in [1.165, 1.54) is 0 Å². The molecule has 5 heteroatoms. The summed E-state index contributed by atoms with van der Waals surface area (Å²) in [7, 11) is 0. The Hall–Kier alpha value is -1.62. The topological polar surface area (TPSA) is 65.2 Å². The number of piperidine rings is 1. The minimum Gasteiger partial charge on any atom is -0.338 e. The first kappa shape index (κ1) is 14.8. The van der Waals surface area contributed by atoms with Crippen LogP contribution in [0.25, 0.3) is 0 Å². The van der Waals surface area contributed by atoms with Crippen LogP contribution in [0.1, 0.15) is 37.0 Å². The molecule has 2 rings (SSSR count). The third-order valence-electron chi connectivity index (χ3n) is 3.67. The highest BCUT2D eigenvalue weighted by Gasteiger charge is 2.25. The molecule has 0 bridgehead atoms. The number of carbonyl (C=O) groups excluding carboxylic acids is 1. The smallest absolute Gasteiger partial charge is 0.260 e. The maximum atomic E-state index is 12.4. The van der Waals surface area contributed by atoms with Crippen molar-refractivity contribution in [1.82, 2.24) is 15.2 Å². The van der Waals surface area contributed by atoms with Gasteiger partial charge in [0.2, 0.25) is 0 Å². The Kier molecular flexibility index (Phi) is 4.95. The first-order valence-electron chi connectivity index (χ1n) is 7.28. The molecule has 0 radical (unpaired) electrons. The summed E-state index contributed by atoms with van der Waals surface area (Å²) in [5.41, 5.74) is -0.0649. The summed E-state index contributed by atoms with van der Waals surface area (Å²) in [5, 5.41) is 3.42. The highest BCUT2D eigenvalue weighted by molar-refractivity contribution is 5.93. The van der Waals surface area contributed by atoms with E-state index in [0.717, 1.165) is 32.5 Å². The van der Waals surface area contributed by atoms with Gasteiger partial charge in [-0.05, 0) is 37.4 Å². The van der Waals surface area contributed by atoms with Crippen LogP contribution in [0.5, 0.6) is 0 Å². The molecule has 5 nitrogen and oxygen atoms in total. The summed E-state index contributed by atoms with van der Waals surface area (Å²) >= 11 is 0.